The molecule has 1 fully saturated rings. The van der Waals surface area contributed by atoms with Gasteiger partial charge in [0.15, 0.2) is 0 Å². The Bertz CT molecular complexity index is 771. The van der Waals surface area contributed by atoms with Crippen LogP contribution >= 0.6 is 11.8 Å². The lowest BCUT2D eigenvalue weighted by Gasteiger charge is -2.27. The second kappa shape index (κ2) is 7.57. The third kappa shape index (κ3) is 3.76. The van der Waals surface area contributed by atoms with Gasteiger partial charge in [0, 0.05) is 11.3 Å². The third-order valence-corrected chi connectivity index (χ3v) is 5.18. The van der Waals surface area contributed by atoms with Crippen molar-refractivity contribution in [2.75, 3.05) is 5.75 Å². The van der Waals surface area contributed by atoms with Crippen LogP contribution in [0, 0.1) is 5.82 Å². The summed E-state index contributed by atoms with van der Waals surface area (Å²) in [5.74, 6) is -1.44. The number of carboxylic acid groups (broad SMARTS) is 1. The quantitative estimate of drug-likeness (QED) is 0.900. The van der Waals surface area contributed by atoms with Gasteiger partial charge in [-0.2, -0.15) is 0 Å². The molecule has 5 nitrogen and oxygen atoms in total. The first-order valence-electron chi connectivity index (χ1n) is 7.66. The number of rotatable bonds is 4. The van der Waals surface area contributed by atoms with Crippen LogP contribution in [0.3, 0.4) is 0 Å². The van der Waals surface area contributed by atoms with Crippen molar-refractivity contribution in [1.29, 1.82) is 0 Å². The van der Waals surface area contributed by atoms with Crippen molar-refractivity contribution >= 4 is 23.8 Å². The molecule has 1 unspecified atom stereocenters. The van der Waals surface area contributed by atoms with Crippen molar-refractivity contribution < 1.29 is 23.8 Å². The molecule has 1 heterocycles. The topological polar surface area (TPSA) is 66.8 Å². The highest BCUT2D eigenvalue weighted by molar-refractivity contribution is 7.99. The van der Waals surface area contributed by atoms with Crippen molar-refractivity contribution in [3.63, 3.8) is 0 Å². The molecule has 0 spiro atoms. The van der Waals surface area contributed by atoms with E-state index in [2.05, 4.69) is 0 Å². The second-order valence-electron chi connectivity index (χ2n) is 5.51. The highest BCUT2D eigenvalue weighted by Gasteiger charge is 2.44. The van der Waals surface area contributed by atoms with Gasteiger partial charge >= 0.3 is 12.1 Å². The second-order valence-corrected chi connectivity index (χ2v) is 6.62. The predicted octanol–water partition coefficient (Wildman–Crippen LogP) is 3.66. The number of carbonyl (C=O) groups is 2. The van der Waals surface area contributed by atoms with E-state index < -0.39 is 29.3 Å². The van der Waals surface area contributed by atoms with E-state index in [0.717, 1.165) is 10.5 Å². The molecule has 2 aromatic rings. The lowest BCUT2D eigenvalue weighted by Crippen LogP contribution is -2.43. The molecule has 1 aliphatic rings. The Hall–Kier alpha value is -2.54. The van der Waals surface area contributed by atoms with E-state index in [1.807, 2.05) is 18.2 Å². The van der Waals surface area contributed by atoms with E-state index in [-0.39, 0.29) is 17.9 Å². The van der Waals surface area contributed by atoms with Crippen LogP contribution in [0.4, 0.5) is 9.18 Å². The molecule has 1 N–H and O–H groups in total. The summed E-state index contributed by atoms with van der Waals surface area (Å²) in [5, 5.41) is 8.66. The van der Waals surface area contributed by atoms with Crippen LogP contribution < -0.4 is 0 Å². The van der Waals surface area contributed by atoms with Gasteiger partial charge in [0.25, 0.3) is 0 Å². The number of hydrogen-bond donors (Lipinski definition) is 1. The highest BCUT2D eigenvalue weighted by Crippen LogP contribution is 2.42. The molecule has 3 rings (SSSR count). The van der Waals surface area contributed by atoms with Crippen LogP contribution in [-0.2, 0) is 16.1 Å². The van der Waals surface area contributed by atoms with Gasteiger partial charge in [-0.15, -0.1) is 11.8 Å². The molecular weight excluding hydrogens is 345 g/mol. The first-order valence-corrected chi connectivity index (χ1v) is 8.70. The zero-order chi connectivity index (χ0) is 17.8. The standard InChI is InChI=1S/C18H16FNO4S/c19-14-9-5-4-8-13(14)16-20(15(11-25-16)17(21)22)18(23)24-10-12-6-2-1-3-7-12/h1-9,15-16H,10-11H2,(H,21,22)/t15?,16-/m1/s1. The Labute approximate surface area is 148 Å². The van der Waals surface area contributed by atoms with Crippen molar-refractivity contribution in [2.24, 2.45) is 0 Å². The molecule has 0 bridgehead atoms. The first-order chi connectivity index (χ1) is 12.1. The number of hydrogen-bond acceptors (Lipinski definition) is 4. The van der Waals surface area contributed by atoms with Gasteiger partial charge in [-0.25, -0.2) is 14.0 Å². The van der Waals surface area contributed by atoms with Gasteiger partial charge in [-0.05, 0) is 11.6 Å². The molecule has 0 aliphatic carbocycles. The highest BCUT2D eigenvalue weighted by atomic mass is 32.2. The van der Waals surface area contributed by atoms with Crippen LogP contribution in [0.15, 0.2) is 54.6 Å². The maximum atomic E-state index is 14.1. The van der Waals surface area contributed by atoms with E-state index in [9.17, 15) is 19.1 Å². The van der Waals surface area contributed by atoms with Gasteiger partial charge in [0.05, 0.1) is 0 Å². The molecule has 130 valence electrons. The number of thioether (sulfide) groups is 1. The molecule has 0 saturated carbocycles. The molecule has 1 aliphatic heterocycles. The number of amides is 1. The fraction of sp³-hybridized carbons (Fsp3) is 0.222. The van der Waals surface area contributed by atoms with Crippen molar-refractivity contribution in [3.05, 3.63) is 71.5 Å². The Balaban J connectivity index is 1.81. The number of carboxylic acids is 1. The molecule has 25 heavy (non-hydrogen) atoms. The zero-order valence-electron chi connectivity index (χ0n) is 13.2. The van der Waals surface area contributed by atoms with Crippen molar-refractivity contribution in [1.82, 2.24) is 4.90 Å². The molecule has 0 aromatic heterocycles. The molecule has 7 heteroatoms. The van der Waals surface area contributed by atoms with Gasteiger partial charge in [0.1, 0.15) is 23.8 Å². The minimum absolute atomic E-state index is 0.0250. The fourth-order valence-corrected chi connectivity index (χ4v) is 4.06. The molecule has 1 saturated heterocycles. The van der Waals surface area contributed by atoms with E-state index >= 15 is 0 Å². The maximum absolute atomic E-state index is 14.1. The van der Waals surface area contributed by atoms with Crippen LogP contribution in [0.1, 0.15) is 16.5 Å². The van der Waals surface area contributed by atoms with Crippen molar-refractivity contribution in [3.8, 4) is 0 Å². The monoisotopic (exact) mass is 361 g/mol. The SMILES string of the molecule is O=C(O)C1CS[C@H](c2ccccc2F)N1C(=O)OCc1ccccc1. The van der Waals surface area contributed by atoms with Gasteiger partial charge in [-0.3, -0.25) is 4.90 Å². The average molecular weight is 361 g/mol. The number of nitrogens with zero attached hydrogens (tertiary/aromatic N) is 1. The molecule has 1 amide bonds. The smallest absolute Gasteiger partial charge is 0.412 e. The lowest BCUT2D eigenvalue weighted by molar-refractivity contribution is -0.141. The number of ether oxygens (including phenoxy) is 1. The summed E-state index contributed by atoms with van der Waals surface area (Å²) in [6.07, 6.45) is -0.769. The van der Waals surface area contributed by atoms with Crippen LogP contribution in [-0.4, -0.2) is 33.9 Å². The van der Waals surface area contributed by atoms with Gasteiger partial charge < -0.3 is 9.84 Å². The summed E-state index contributed by atoms with van der Waals surface area (Å²) in [6.45, 7) is 0.0250. The van der Waals surface area contributed by atoms with Gasteiger partial charge in [-0.1, -0.05) is 48.5 Å². The lowest BCUT2D eigenvalue weighted by atomic mass is 10.1. The number of aliphatic carboxylic acids is 1. The van der Waals surface area contributed by atoms with Crippen LogP contribution in [0.5, 0.6) is 0 Å². The largest absolute Gasteiger partial charge is 0.480 e. The summed E-state index contributed by atoms with van der Waals surface area (Å²) in [7, 11) is 0. The number of halogens is 1. The van der Waals surface area contributed by atoms with Crippen LogP contribution in [0.25, 0.3) is 0 Å². The summed E-state index contributed by atoms with van der Waals surface area (Å²) in [4.78, 5) is 25.1. The van der Waals surface area contributed by atoms with E-state index in [1.165, 1.54) is 17.8 Å². The zero-order valence-corrected chi connectivity index (χ0v) is 14.0. The Morgan fingerprint density at radius 1 is 1.16 bits per heavy atom. The summed E-state index contributed by atoms with van der Waals surface area (Å²) < 4.78 is 19.4. The first kappa shape index (κ1) is 17.3. The molecule has 2 atom stereocenters. The third-order valence-electron chi connectivity index (χ3n) is 3.87. The molecule has 2 aromatic carbocycles. The summed E-state index contributed by atoms with van der Waals surface area (Å²) in [5.41, 5.74) is 1.06. The number of benzene rings is 2. The van der Waals surface area contributed by atoms with Gasteiger partial charge in [0.2, 0.25) is 0 Å². The van der Waals surface area contributed by atoms with E-state index in [4.69, 9.17) is 4.74 Å². The average Bonchev–Trinajstić information content (AvgIpc) is 3.06. The molecular formula is C18H16FNO4S. The van der Waals surface area contributed by atoms with Crippen LogP contribution in [0.2, 0.25) is 0 Å². The van der Waals surface area contributed by atoms with Crippen molar-refractivity contribution in [2.45, 2.75) is 18.0 Å². The Morgan fingerprint density at radius 3 is 2.52 bits per heavy atom. The van der Waals surface area contributed by atoms with E-state index in [1.54, 1.807) is 30.3 Å². The summed E-state index contributed by atoms with van der Waals surface area (Å²) in [6, 6.07) is 14.1. The number of carbonyl (C=O) groups excluding carboxylic acids is 1. The summed E-state index contributed by atoms with van der Waals surface area (Å²) >= 11 is 1.21. The maximum Gasteiger partial charge on any atom is 0.412 e. The Kier molecular flexibility index (Phi) is 5.23. The van der Waals surface area contributed by atoms with E-state index in [0.29, 0.717) is 0 Å². The minimum atomic E-state index is -1.14. The Morgan fingerprint density at radius 2 is 1.84 bits per heavy atom. The normalized spacial score (nSPS) is 19.6. The predicted molar refractivity (Wildman–Crippen MR) is 91.5 cm³/mol. The molecule has 0 radical (unpaired) electrons. The fourth-order valence-electron chi connectivity index (χ4n) is 2.63. The minimum Gasteiger partial charge on any atom is -0.480 e.